The molecule has 4 nitrogen and oxygen atoms in total. The summed E-state index contributed by atoms with van der Waals surface area (Å²) < 4.78 is 0. The maximum atomic E-state index is 13.2. The van der Waals surface area contributed by atoms with Gasteiger partial charge in [-0.3, -0.25) is 14.4 Å². The molecule has 1 aliphatic carbocycles. The number of carbonyl (C=O) groups is 3. The Hall–Kier alpha value is -1.97. The average molecular weight is 398 g/mol. The van der Waals surface area contributed by atoms with Crippen LogP contribution in [0.5, 0.6) is 0 Å². The van der Waals surface area contributed by atoms with Gasteiger partial charge in [-0.25, -0.2) is 0 Å². The van der Waals surface area contributed by atoms with Gasteiger partial charge < -0.3 is 4.90 Å². The molecule has 158 valence electrons. The average Bonchev–Trinajstić information content (AvgIpc) is 2.88. The number of amides is 1. The molecule has 0 radical (unpaired) electrons. The zero-order chi connectivity index (χ0) is 21.5. The first-order valence-electron chi connectivity index (χ1n) is 10.9. The van der Waals surface area contributed by atoms with Gasteiger partial charge in [0.1, 0.15) is 11.7 Å². The van der Waals surface area contributed by atoms with Crippen LogP contribution < -0.4 is 0 Å². The normalized spacial score (nSPS) is 23.7. The van der Waals surface area contributed by atoms with Gasteiger partial charge in [0.25, 0.3) is 0 Å². The highest BCUT2D eigenvalue weighted by atomic mass is 16.2. The highest BCUT2D eigenvalue weighted by Gasteiger charge is 2.44. The number of rotatable bonds is 3. The minimum atomic E-state index is -0.580. The number of Topliss-reactive ketones (excluding diaryl/α,β-unsaturated/α-hetero) is 2. The van der Waals surface area contributed by atoms with E-state index in [1.807, 2.05) is 46.4 Å². The first-order valence-corrected chi connectivity index (χ1v) is 10.9. The van der Waals surface area contributed by atoms with Crippen LogP contribution in [0.25, 0.3) is 0 Å². The van der Waals surface area contributed by atoms with Crippen LogP contribution in [-0.2, 0) is 14.4 Å². The van der Waals surface area contributed by atoms with Crippen molar-refractivity contribution in [3.63, 3.8) is 0 Å². The van der Waals surface area contributed by atoms with E-state index in [0.717, 1.165) is 54.6 Å². The number of ketones is 2. The molecule has 2 fully saturated rings. The number of aryl methyl sites for hydroxylation is 3. The molecule has 1 saturated carbocycles. The van der Waals surface area contributed by atoms with Gasteiger partial charge in [0.15, 0.2) is 5.78 Å². The zero-order valence-corrected chi connectivity index (χ0v) is 18.8. The van der Waals surface area contributed by atoms with Crippen LogP contribution in [-0.4, -0.2) is 35.5 Å². The van der Waals surface area contributed by atoms with E-state index in [1.54, 1.807) is 0 Å². The van der Waals surface area contributed by atoms with Crippen molar-refractivity contribution in [2.75, 3.05) is 13.1 Å². The smallest absolute Gasteiger partial charge is 0.227 e. The molecule has 4 heteroatoms. The summed E-state index contributed by atoms with van der Waals surface area (Å²) in [6, 6.07) is 4.14. The predicted octanol–water partition coefficient (Wildman–Crippen LogP) is 4.53. The standard InChI is InChI=1S/C25H35NO3/c1-15-11-16(2)21(17(3)12-15)22-20(27)14-19(23(22)28)13-18-7-9-26(10-8-18)24(29)25(4,5)6/h11-12,18-19,22H,7-10,13-14H2,1-6H3. The predicted molar refractivity (Wildman–Crippen MR) is 115 cm³/mol. The Morgan fingerprint density at radius 3 is 2.10 bits per heavy atom. The summed E-state index contributed by atoms with van der Waals surface area (Å²) in [4.78, 5) is 40.4. The molecule has 3 rings (SSSR count). The molecule has 1 saturated heterocycles. The Morgan fingerprint density at radius 1 is 1.03 bits per heavy atom. The quantitative estimate of drug-likeness (QED) is 0.704. The third-order valence-electron chi connectivity index (χ3n) is 6.64. The molecule has 1 amide bonds. The van der Waals surface area contributed by atoms with Crippen molar-refractivity contribution in [2.24, 2.45) is 17.3 Å². The summed E-state index contributed by atoms with van der Waals surface area (Å²) in [7, 11) is 0. The molecular formula is C25H35NO3. The van der Waals surface area contributed by atoms with E-state index in [9.17, 15) is 14.4 Å². The van der Waals surface area contributed by atoms with Crippen molar-refractivity contribution < 1.29 is 14.4 Å². The van der Waals surface area contributed by atoms with E-state index in [2.05, 4.69) is 12.1 Å². The Labute approximate surface area is 175 Å². The summed E-state index contributed by atoms with van der Waals surface area (Å²) in [5.41, 5.74) is 3.83. The van der Waals surface area contributed by atoms with E-state index in [-0.39, 0.29) is 28.8 Å². The lowest BCUT2D eigenvalue weighted by atomic mass is 9.83. The molecular weight excluding hydrogens is 362 g/mol. The second-order valence-electron chi connectivity index (χ2n) is 10.2. The molecule has 0 bridgehead atoms. The largest absolute Gasteiger partial charge is 0.342 e. The molecule has 29 heavy (non-hydrogen) atoms. The first-order chi connectivity index (χ1) is 13.5. The second-order valence-corrected chi connectivity index (χ2v) is 10.2. The van der Waals surface area contributed by atoms with Crippen LogP contribution in [0, 0.1) is 38.0 Å². The fraction of sp³-hybridized carbons (Fsp3) is 0.640. The van der Waals surface area contributed by atoms with Gasteiger partial charge >= 0.3 is 0 Å². The van der Waals surface area contributed by atoms with Crippen molar-refractivity contribution in [1.82, 2.24) is 4.90 Å². The molecule has 1 aromatic rings. The van der Waals surface area contributed by atoms with Gasteiger partial charge in [0.2, 0.25) is 5.91 Å². The Kier molecular flexibility index (Phi) is 6.03. The summed E-state index contributed by atoms with van der Waals surface area (Å²) in [6.07, 6.45) is 3.00. The van der Waals surface area contributed by atoms with Gasteiger partial charge in [0.05, 0.1) is 0 Å². The number of carbonyl (C=O) groups excluding carboxylic acids is 3. The van der Waals surface area contributed by atoms with Crippen molar-refractivity contribution in [3.05, 3.63) is 34.4 Å². The molecule has 2 unspecified atom stereocenters. The summed E-state index contributed by atoms with van der Waals surface area (Å²) in [6.45, 7) is 13.4. The van der Waals surface area contributed by atoms with Gasteiger partial charge in [-0.2, -0.15) is 0 Å². The highest BCUT2D eigenvalue weighted by molar-refractivity contribution is 6.15. The van der Waals surface area contributed by atoms with E-state index in [1.165, 1.54) is 0 Å². The Bertz CT molecular complexity index is 802. The molecule has 0 N–H and O–H groups in total. The molecule has 2 atom stereocenters. The van der Waals surface area contributed by atoms with Crippen molar-refractivity contribution in [3.8, 4) is 0 Å². The summed E-state index contributed by atoms with van der Waals surface area (Å²) >= 11 is 0. The van der Waals surface area contributed by atoms with Gasteiger partial charge in [-0.05, 0) is 62.6 Å². The van der Waals surface area contributed by atoms with Crippen LogP contribution in [0.4, 0.5) is 0 Å². The molecule has 2 aliphatic rings. The fourth-order valence-electron chi connectivity index (χ4n) is 5.25. The zero-order valence-electron chi connectivity index (χ0n) is 18.8. The molecule has 1 aliphatic heterocycles. The van der Waals surface area contributed by atoms with Gasteiger partial charge in [0, 0.05) is 30.8 Å². The Morgan fingerprint density at radius 2 is 1.59 bits per heavy atom. The molecule has 1 heterocycles. The fourth-order valence-corrected chi connectivity index (χ4v) is 5.25. The van der Waals surface area contributed by atoms with Gasteiger partial charge in [-0.1, -0.05) is 38.5 Å². The van der Waals surface area contributed by atoms with Crippen LogP contribution in [0.15, 0.2) is 12.1 Å². The minimum Gasteiger partial charge on any atom is -0.342 e. The maximum Gasteiger partial charge on any atom is 0.227 e. The highest BCUT2D eigenvalue weighted by Crippen LogP contribution is 2.40. The third kappa shape index (κ3) is 4.46. The SMILES string of the molecule is Cc1cc(C)c(C2C(=O)CC(CC3CCN(C(=O)C(C)(C)C)CC3)C2=O)c(C)c1. The van der Waals surface area contributed by atoms with Crippen LogP contribution in [0.1, 0.15) is 74.6 Å². The van der Waals surface area contributed by atoms with Crippen molar-refractivity contribution in [2.45, 2.75) is 73.1 Å². The van der Waals surface area contributed by atoms with Crippen LogP contribution in [0.3, 0.4) is 0 Å². The first kappa shape index (κ1) is 21.7. The molecule has 0 aromatic heterocycles. The number of benzene rings is 1. The third-order valence-corrected chi connectivity index (χ3v) is 6.64. The lowest BCUT2D eigenvalue weighted by molar-refractivity contribution is -0.141. The molecule has 0 spiro atoms. The number of nitrogens with zero attached hydrogens (tertiary/aromatic N) is 1. The van der Waals surface area contributed by atoms with E-state index >= 15 is 0 Å². The molecule has 1 aromatic carbocycles. The monoisotopic (exact) mass is 397 g/mol. The van der Waals surface area contributed by atoms with Crippen LogP contribution in [0.2, 0.25) is 0 Å². The van der Waals surface area contributed by atoms with Crippen molar-refractivity contribution >= 4 is 17.5 Å². The van der Waals surface area contributed by atoms with E-state index in [0.29, 0.717) is 12.3 Å². The summed E-state index contributed by atoms with van der Waals surface area (Å²) in [5, 5.41) is 0. The van der Waals surface area contributed by atoms with Crippen LogP contribution >= 0.6 is 0 Å². The number of likely N-dealkylation sites (tertiary alicyclic amines) is 1. The topological polar surface area (TPSA) is 54.5 Å². The van der Waals surface area contributed by atoms with E-state index < -0.39 is 5.92 Å². The number of piperidine rings is 1. The lowest BCUT2D eigenvalue weighted by Crippen LogP contribution is -2.44. The summed E-state index contributed by atoms with van der Waals surface area (Å²) in [5.74, 6) is 0.0625. The number of hydrogen-bond acceptors (Lipinski definition) is 3. The lowest BCUT2D eigenvalue weighted by Gasteiger charge is -2.36. The van der Waals surface area contributed by atoms with E-state index in [4.69, 9.17) is 0 Å². The second kappa shape index (κ2) is 8.04. The number of hydrogen-bond donors (Lipinski definition) is 0. The minimum absolute atomic E-state index is 0.0791. The Balaban J connectivity index is 1.65. The van der Waals surface area contributed by atoms with Crippen molar-refractivity contribution in [1.29, 1.82) is 0 Å². The van der Waals surface area contributed by atoms with Gasteiger partial charge in [-0.15, -0.1) is 0 Å². The maximum absolute atomic E-state index is 13.2.